The van der Waals surface area contributed by atoms with Gasteiger partial charge >= 0.3 is 0 Å². The fourth-order valence-corrected chi connectivity index (χ4v) is 4.02. The van der Waals surface area contributed by atoms with Gasteiger partial charge in [0.1, 0.15) is 11.5 Å². The number of rotatable bonds is 3. The van der Waals surface area contributed by atoms with Crippen LogP contribution in [0.1, 0.15) is 35.1 Å². The molecule has 0 saturated carbocycles. The Bertz CT molecular complexity index is 975. The van der Waals surface area contributed by atoms with E-state index in [1.54, 1.807) is 0 Å². The molecule has 0 radical (unpaired) electrons. The number of nitrogens with zero attached hydrogens (tertiary/aromatic N) is 5. The minimum Gasteiger partial charge on any atom is -0.381 e. The fraction of sp³-hybridized carbons (Fsp3) is 0.476. The van der Waals surface area contributed by atoms with E-state index in [0.717, 1.165) is 67.9 Å². The summed E-state index contributed by atoms with van der Waals surface area (Å²) in [6.45, 7) is 8.62. The average molecular weight is 378 g/mol. The highest BCUT2D eigenvalue weighted by Gasteiger charge is 2.26. The summed E-state index contributed by atoms with van der Waals surface area (Å²) in [5, 5.41) is 8.35. The predicted molar refractivity (Wildman–Crippen MR) is 107 cm³/mol. The van der Waals surface area contributed by atoms with E-state index in [1.165, 1.54) is 11.1 Å². The third kappa shape index (κ3) is 3.04. The second-order valence-electron chi connectivity index (χ2n) is 7.72. The van der Waals surface area contributed by atoms with Gasteiger partial charge in [-0.05, 0) is 37.5 Å². The number of benzene rings is 1. The van der Waals surface area contributed by atoms with Crippen LogP contribution in [0.2, 0.25) is 0 Å². The van der Waals surface area contributed by atoms with Gasteiger partial charge in [0.15, 0.2) is 11.6 Å². The molecule has 0 amide bonds. The molecule has 2 aliphatic heterocycles. The Morgan fingerprint density at radius 2 is 2.11 bits per heavy atom. The first-order chi connectivity index (χ1) is 13.7. The van der Waals surface area contributed by atoms with Crippen molar-refractivity contribution in [1.29, 1.82) is 0 Å². The Morgan fingerprint density at radius 1 is 1.18 bits per heavy atom. The molecule has 1 saturated heterocycles. The summed E-state index contributed by atoms with van der Waals surface area (Å²) in [6, 6.07) is 6.32. The van der Waals surface area contributed by atoms with Gasteiger partial charge in [-0.2, -0.15) is 5.10 Å². The van der Waals surface area contributed by atoms with Gasteiger partial charge in [0.2, 0.25) is 0 Å². The fourth-order valence-electron chi connectivity index (χ4n) is 4.02. The molecule has 5 rings (SSSR count). The van der Waals surface area contributed by atoms with Crippen molar-refractivity contribution in [1.82, 2.24) is 29.6 Å². The smallest absolute Gasteiger partial charge is 0.183 e. The molecule has 7 nitrogen and oxygen atoms in total. The number of hydrogen-bond donors (Lipinski definition) is 1. The van der Waals surface area contributed by atoms with E-state index in [4.69, 9.17) is 19.8 Å². The SMILES string of the molecule is Cc1cccc(-n2nc(C3CCOC3)nc2-c2cn3c(n2)CCNCC3)c1C. The molecule has 7 heteroatoms. The summed E-state index contributed by atoms with van der Waals surface area (Å²) >= 11 is 0. The van der Waals surface area contributed by atoms with Crippen molar-refractivity contribution < 1.29 is 4.74 Å². The number of ether oxygens (including phenoxy) is 1. The molecule has 0 bridgehead atoms. The number of nitrogens with one attached hydrogen (secondary N) is 1. The number of imidazole rings is 1. The Balaban J connectivity index is 1.64. The van der Waals surface area contributed by atoms with Crippen molar-refractivity contribution in [2.24, 2.45) is 0 Å². The van der Waals surface area contributed by atoms with Crippen molar-refractivity contribution in [3.63, 3.8) is 0 Å². The minimum atomic E-state index is 0.259. The quantitative estimate of drug-likeness (QED) is 0.758. The number of aryl methyl sites for hydroxylation is 1. The van der Waals surface area contributed by atoms with Crippen LogP contribution < -0.4 is 5.32 Å². The van der Waals surface area contributed by atoms with Gasteiger partial charge in [-0.3, -0.25) is 0 Å². The van der Waals surface area contributed by atoms with Crippen molar-refractivity contribution in [3.05, 3.63) is 47.2 Å². The highest BCUT2D eigenvalue weighted by molar-refractivity contribution is 5.56. The van der Waals surface area contributed by atoms with Crippen molar-refractivity contribution in [2.45, 2.75) is 39.2 Å². The zero-order valence-electron chi connectivity index (χ0n) is 16.5. The van der Waals surface area contributed by atoms with E-state index in [0.29, 0.717) is 6.61 Å². The van der Waals surface area contributed by atoms with E-state index in [9.17, 15) is 0 Å². The number of fused-ring (bicyclic) bond motifs is 1. The first-order valence-electron chi connectivity index (χ1n) is 10.1. The maximum absolute atomic E-state index is 5.58. The lowest BCUT2D eigenvalue weighted by Gasteiger charge is -2.10. The van der Waals surface area contributed by atoms with Crippen LogP contribution in [-0.4, -0.2) is 50.6 Å². The summed E-state index contributed by atoms with van der Waals surface area (Å²) in [4.78, 5) is 9.88. The van der Waals surface area contributed by atoms with Gasteiger partial charge in [0, 0.05) is 44.8 Å². The van der Waals surface area contributed by atoms with E-state index >= 15 is 0 Å². The van der Waals surface area contributed by atoms with E-state index in [-0.39, 0.29) is 5.92 Å². The van der Waals surface area contributed by atoms with Crippen LogP contribution in [0.25, 0.3) is 17.2 Å². The van der Waals surface area contributed by atoms with Crippen LogP contribution in [0.3, 0.4) is 0 Å². The molecule has 0 aliphatic carbocycles. The standard InChI is InChI=1S/C21H26N6O/c1-14-4-3-5-18(15(14)2)27-21(24-20(25-27)16-7-11-28-13-16)17-12-26-10-9-22-8-6-19(26)23-17/h3-5,12,16,22H,6-11,13H2,1-2H3. The Hall–Kier alpha value is -2.51. The van der Waals surface area contributed by atoms with Gasteiger partial charge < -0.3 is 14.6 Å². The van der Waals surface area contributed by atoms with Crippen LogP contribution in [-0.2, 0) is 17.7 Å². The molecule has 1 N–H and O–H groups in total. The molecule has 1 fully saturated rings. The lowest BCUT2D eigenvalue weighted by atomic mass is 10.1. The molecule has 1 atom stereocenters. The molecule has 3 aromatic rings. The molecule has 4 heterocycles. The lowest BCUT2D eigenvalue weighted by Crippen LogP contribution is -2.17. The second kappa shape index (κ2) is 7.14. The molecule has 1 unspecified atom stereocenters. The van der Waals surface area contributed by atoms with Crippen molar-refractivity contribution >= 4 is 0 Å². The van der Waals surface area contributed by atoms with E-state index < -0.39 is 0 Å². The third-order valence-corrected chi connectivity index (χ3v) is 5.87. The largest absolute Gasteiger partial charge is 0.381 e. The second-order valence-corrected chi connectivity index (χ2v) is 7.72. The van der Waals surface area contributed by atoms with Crippen LogP contribution in [0.15, 0.2) is 24.4 Å². The average Bonchev–Trinajstić information content (AvgIpc) is 3.41. The van der Waals surface area contributed by atoms with Crippen molar-refractivity contribution in [3.8, 4) is 17.2 Å². The molecule has 2 aromatic heterocycles. The molecule has 2 aliphatic rings. The minimum absolute atomic E-state index is 0.259. The molecular formula is C21H26N6O. The maximum atomic E-state index is 5.58. The monoisotopic (exact) mass is 378 g/mol. The van der Waals surface area contributed by atoms with E-state index in [2.05, 4.69) is 48.1 Å². The molecule has 0 spiro atoms. The highest BCUT2D eigenvalue weighted by Crippen LogP contribution is 2.29. The molecule has 1 aromatic carbocycles. The van der Waals surface area contributed by atoms with Gasteiger partial charge in [-0.15, -0.1) is 0 Å². The third-order valence-electron chi connectivity index (χ3n) is 5.87. The van der Waals surface area contributed by atoms with Gasteiger partial charge in [-0.25, -0.2) is 14.6 Å². The van der Waals surface area contributed by atoms with Crippen molar-refractivity contribution in [2.75, 3.05) is 26.3 Å². The summed E-state index contributed by atoms with van der Waals surface area (Å²) in [7, 11) is 0. The zero-order valence-corrected chi connectivity index (χ0v) is 16.5. The maximum Gasteiger partial charge on any atom is 0.183 e. The van der Waals surface area contributed by atoms with Crippen LogP contribution >= 0.6 is 0 Å². The normalized spacial score (nSPS) is 19.6. The molecular weight excluding hydrogens is 352 g/mol. The van der Waals surface area contributed by atoms with Crippen LogP contribution in [0.4, 0.5) is 0 Å². The molecule has 28 heavy (non-hydrogen) atoms. The molecule has 146 valence electrons. The summed E-state index contributed by atoms with van der Waals surface area (Å²) in [6.07, 6.45) is 4.03. The van der Waals surface area contributed by atoms with Crippen LogP contribution in [0, 0.1) is 13.8 Å². The number of hydrogen-bond acceptors (Lipinski definition) is 5. The zero-order chi connectivity index (χ0) is 19.1. The Kier molecular flexibility index (Phi) is 4.49. The summed E-state index contributed by atoms with van der Waals surface area (Å²) in [5.41, 5.74) is 4.43. The van der Waals surface area contributed by atoms with E-state index in [1.807, 2.05) is 4.68 Å². The Labute approximate surface area is 164 Å². The van der Waals surface area contributed by atoms with Gasteiger partial charge in [0.05, 0.1) is 12.3 Å². The topological polar surface area (TPSA) is 69.8 Å². The number of aromatic nitrogens is 5. The highest BCUT2D eigenvalue weighted by atomic mass is 16.5. The van der Waals surface area contributed by atoms with Gasteiger partial charge in [-0.1, -0.05) is 12.1 Å². The Morgan fingerprint density at radius 3 is 2.96 bits per heavy atom. The summed E-state index contributed by atoms with van der Waals surface area (Å²) in [5.74, 6) is 3.05. The first kappa shape index (κ1) is 17.6. The lowest BCUT2D eigenvalue weighted by molar-refractivity contribution is 0.193. The predicted octanol–water partition coefficient (Wildman–Crippen LogP) is 2.40. The summed E-state index contributed by atoms with van der Waals surface area (Å²) < 4.78 is 9.81. The van der Waals surface area contributed by atoms with Crippen LogP contribution in [0.5, 0.6) is 0 Å². The first-order valence-corrected chi connectivity index (χ1v) is 10.1. The van der Waals surface area contributed by atoms with Gasteiger partial charge in [0.25, 0.3) is 0 Å².